The predicted octanol–water partition coefficient (Wildman–Crippen LogP) is 0.930. The lowest BCUT2D eigenvalue weighted by Gasteiger charge is -2.25. The van der Waals surface area contributed by atoms with Crippen LogP contribution >= 0.6 is 0 Å². The molecule has 0 radical (unpaired) electrons. The van der Waals surface area contributed by atoms with Gasteiger partial charge in [-0.15, -0.1) is 5.10 Å². The summed E-state index contributed by atoms with van der Waals surface area (Å²) in [7, 11) is 0. The summed E-state index contributed by atoms with van der Waals surface area (Å²) in [6.07, 6.45) is 1.01. The monoisotopic (exact) mass is 222 g/mol. The van der Waals surface area contributed by atoms with Gasteiger partial charge in [-0.1, -0.05) is 0 Å². The van der Waals surface area contributed by atoms with E-state index in [4.69, 9.17) is 10.2 Å². The van der Waals surface area contributed by atoms with Crippen molar-refractivity contribution in [1.82, 2.24) is 10.2 Å². The number of fused-ring (bicyclic) bond motifs is 1. The fourth-order valence-electron chi connectivity index (χ4n) is 1.28. The fourth-order valence-corrected chi connectivity index (χ4v) is 1.28. The van der Waals surface area contributed by atoms with E-state index in [2.05, 4.69) is 10.2 Å². The van der Waals surface area contributed by atoms with E-state index < -0.39 is 12.2 Å². The van der Waals surface area contributed by atoms with E-state index in [1.54, 1.807) is 0 Å². The highest BCUT2D eigenvalue weighted by Crippen LogP contribution is 2.30. The van der Waals surface area contributed by atoms with Gasteiger partial charge in [-0.25, -0.2) is 19.4 Å². The summed E-state index contributed by atoms with van der Waals surface area (Å²) >= 11 is 0. The number of amides is 2. The Morgan fingerprint density at radius 2 is 1.75 bits per heavy atom. The van der Waals surface area contributed by atoms with Crippen LogP contribution in [0.25, 0.3) is 0 Å². The van der Waals surface area contributed by atoms with Crippen LogP contribution in [0.15, 0.2) is 24.7 Å². The summed E-state index contributed by atoms with van der Waals surface area (Å²) in [5.74, 6) is -0.0418. The average Bonchev–Trinajstić information content (AvgIpc) is 2.27. The molecule has 82 valence electrons. The van der Waals surface area contributed by atoms with Crippen molar-refractivity contribution >= 4 is 23.7 Å². The van der Waals surface area contributed by atoms with Crippen molar-refractivity contribution in [2.75, 3.05) is 9.80 Å². The van der Waals surface area contributed by atoms with Crippen LogP contribution in [0, 0.1) is 0 Å². The molecule has 1 aromatic heterocycles. The smallest absolute Gasteiger partial charge is 0.417 e. The lowest BCUT2D eigenvalue weighted by molar-refractivity contribution is 0.201. The molecule has 1 aromatic rings. The molecular formula is C8H6N4O4. The summed E-state index contributed by atoms with van der Waals surface area (Å²) in [5.41, 5.74) is 0.146. The van der Waals surface area contributed by atoms with Crippen LogP contribution in [-0.2, 0) is 0 Å². The van der Waals surface area contributed by atoms with Gasteiger partial charge in [0.25, 0.3) is 0 Å². The maximum atomic E-state index is 10.9. The summed E-state index contributed by atoms with van der Waals surface area (Å²) in [4.78, 5) is 23.3. The number of anilines is 2. The van der Waals surface area contributed by atoms with Gasteiger partial charge in [0.1, 0.15) is 0 Å². The highest BCUT2D eigenvalue weighted by atomic mass is 16.4. The van der Waals surface area contributed by atoms with Gasteiger partial charge in [0.15, 0.2) is 5.82 Å². The topological polar surface area (TPSA) is 107 Å². The molecule has 0 saturated heterocycles. The van der Waals surface area contributed by atoms with Crippen LogP contribution in [0.1, 0.15) is 0 Å². The van der Waals surface area contributed by atoms with Crippen molar-refractivity contribution in [2.45, 2.75) is 0 Å². The zero-order valence-corrected chi connectivity index (χ0v) is 7.81. The Labute approximate surface area is 89.0 Å². The van der Waals surface area contributed by atoms with Gasteiger partial charge >= 0.3 is 12.2 Å². The first-order valence-corrected chi connectivity index (χ1v) is 4.15. The first-order valence-electron chi connectivity index (χ1n) is 4.15. The van der Waals surface area contributed by atoms with Crippen LogP contribution in [0.4, 0.5) is 21.1 Å². The highest BCUT2D eigenvalue weighted by Gasteiger charge is 2.27. The van der Waals surface area contributed by atoms with E-state index in [0.29, 0.717) is 0 Å². The van der Waals surface area contributed by atoms with Gasteiger partial charge < -0.3 is 10.2 Å². The highest BCUT2D eigenvalue weighted by molar-refractivity contribution is 5.99. The van der Waals surface area contributed by atoms with Gasteiger partial charge in [0.05, 0.1) is 11.9 Å². The number of carbonyl (C=O) groups is 2. The van der Waals surface area contributed by atoms with E-state index in [1.165, 1.54) is 12.3 Å². The summed E-state index contributed by atoms with van der Waals surface area (Å²) in [6.45, 7) is 0. The third-order valence-electron chi connectivity index (χ3n) is 1.95. The van der Waals surface area contributed by atoms with Crippen molar-refractivity contribution in [3.8, 4) is 0 Å². The third kappa shape index (κ3) is 1.41. The van der Waals surface area contributed by atoms with Gasteiger partial charge in [-0.05, 0) is 6.07 Å². The maximum absolute atomic E-state index is 10.9. The van der Waals surface area contributed by atoms with Crippen LogP contribution < -0.4 is 9.80 Å². The minimum absolute atomic E-state index is 0.0418. The molecule has 1 aliphatic heterocycles. The van der Waals surface area contributed by atoms with E-state index in [-0.39, 0.29) is 11.5 Å². The quantitative estimate of drug-likeness (QED) is 0.676. The minimum atomic E-state index is -1.26. The largest absolute Gasteiger partial charge is 0.464 e. The van der Waals surface area contributed by atoms with Crippen molar-refractivity contribution in [3.05, 3.63) is 24.7 Å². The first kappa shape index (κ1) is 9.90. The molecule has 0 saturated carbocycles. The molecule has 2 N–H and O–H groups in total. The normalized spacial score (nSPS) is 13.5. The molecule has 0 bridgehead atoms. The molecule has 1 aliphatic rings. The lowest BCUT2D eigenvalue weighted by Crippen LogP contribution is -2.34. The second-order valence-electron chi connectivity index (χ2n) is 2.84. The Morgan fingerprint density at radius 3 is 2.38 bits per heavy atom. The fraction of sp³-hybridized carbons (Fsp3) is 0. The number of carboxylic acid groups (broad SMARTS) is 2. The SMILES string of the molecule is O=C(O)N1C=CN(C(=O)O)c2nnccc21. The molecule has 0 aromatic carbocycles. The summed E-state index contributed by atoms with van der Waals surface area (Å²) < 4.78 is 0. The van der Waals surface area contributed by atoms with Crippen LogP contribution in [-0.4, -0.2) is 32.6 Å². The van der Waals surface area contributed by atoms with Gasteiger partial charge in [-0.3, -0.25) is 0 Å². The summed E-state index contributed by atoms with van der Waals surface area (Å²) in [5, 5.41) is 24.8. The number of nitrogens with zero attached hydrogens (tertiary/aromatic N) is 4. The standard InChI is InChI=1S/C8H6N4O4/c13-7(14)11-3-4-12(8(15)16)6-5(11)1-2-9-10-6/h1-4H,(H,13,14)(H,15,16). The third-order valence-corrected chi connectivity index (χ3v) is 1.95. The molecule has 0 fully saturated rings. The maximum Gasteiger partial charge on any atom is 0.417 e. The predicted molar refractivity (Wildman–Crippen MR) is 52.2 cm³/mol. The average molecular weight is 222 g/mol. The Bertz CT molecular complexity index is 444. The number of rotatable bonds is 0. The van der Waals surface area contributed by atoms with Crippen molar-refractivity contribution in [1.29, 1.82) is 0 Å². The Balaban J connectivity index is 2.54. The van der Waals surface area contributed by atoms with E-state index >= 15 is 0 Å². The molecule has 0 atom stereocenters. The lowest BCUT2D eigenvalue weighted by atomic mass is 10.3. The molecule has 2 rings (SSSR count). The molecule has 16 heavy (non-hydrogen) atoms. The van der Waals surface area contributed by atoms with Gasteiger partial charge in [0, 0.05) is 12.4 Å². The van der Waals surface area contributed by atoms with Crippen molar-refractivity contribution in [3.63, 3.8) is 0 Å². The Kier molecular flexibility index (Phi) is 2.16. The van der Waals surface area contributed by atoms with E-state index in [9.17, 15) is 9.59 Å². The van der Waals surface area contributed by atoms with Crippen LogP contribution in [0.3, 0.4) is 0 Å². The molecule has 8 heteroatoms. The number of hydrogen-bond acceptors (Lipinski definition) is 4. The Morgan fingerprint density at radius 1 is 1.12 bits per heavy atom. The minimum Gasteiger partial charge on any atom is -0.464 e. The molecule has 0 aliphatic carbocycles. The zero-order chi connectivity index (χ0) is 11.7. The summed E-state index contributed by atoms with van der Waals surface area (Å²) in [6, 6.07) is 1.37. The molecule has 2 heterocycles. The Hall–Kier alpha value is -2.64. The second kappa shape index (κ2) is 3.50. The van der Waals surface area contributed by atoms with Gasteiger partial charge in [-0.2, -0.15) is 5.10 Å². The van der Waals surface area contributed by atoms with E-state index in [0.717, 1.165) is 22.2 Å². The second-order valence-corrected chi connectivity index (χ2v) is 2.84. The molecular weight excluding hydrogens is 216 g/mol. The molecule has 8 nitrogen and oxygen atoms in total. The van der Waals surface area contributed by atoms with Crippen LogP contribution in [0.5, 0.6) is 0 Å². The van der Waals surface area contributed by atoms with Crippen molar-refractivity contribution in [2.24, 2.45) is 0 Å². The number of aromatic nitrogens is 2. The van der Waals surface area contributed by atoms with Gasteiger partial charge in [0.2, 0.25) is 0 Å². The first-order chi connectivity index (χ1) is 7.61. The molecule has 0 spiro atoms. The zero-order valence-electron chi connectivity index (χ0n) is 7.81. The van der Waals surface area contributed by atoms with E-state index in [1.807, 2.05) is 0 Å². The molecule has 2 amide bonds. The van der Waals surface area contributed by atoms with Crippen LogP contribution in [0.2, 0.25) is 0 Å². The molecule has 0 unspecified atom stereocenters. The number of hydrogen-bond donors (Lipinski definition) is 2. The van der Waals surface area contributed by atoms with Crippen molar-refractivity contribution < 1.29 is 19.8 Å².